The van der Waals surface area contributed by atoms with Gasteiger partial charge in [0.1, 0.15) is 17.7 Å². The van der Waals surface area contributed by atoms with Gasteiger partial charge in [-0.15, -0.1) is 0 Å². The third-order valence-corrected chi connectivity index (χ3v) is 5.17. The van der Waals surface area contributed by atoms with Crippen LogP contribution in [0.1, 0.15) is 36.8 Å². The van der Waals surface area contributed by atoms with Crippen molar-refractivity contribution in [2.24, 2.45) is 0 Å². The fourth-order valence-electron chi connectivity index (χ4n) is 3.54. The summed E-state index contributed by atoms with van der Waals surface area (Å²) in [4.78, 5) is 20.9. The van der Waals surface area contributed by atoms with Crippen LogP contribution in [0.3, 0.4) is 0 Å². The predicted octanol–water partition coefficient (Wildman–Crippen LogP) is 4.73. The minimum absolute atomic E-state index is 0.194. The molecule has 2 aromatic heterocycles. The Morgan fingerprint density at radius 3 is 2.28 bits per heavy atom. The molecule has 0 unspecified atom stereocenters. The monoisotopic (exact) mass is 436 g/mol. The first-order valence-electron chi connectivity index (χ1n) is 10.7. The molecule has 1 fully saturated rings. The van der Waals surface area contributed by atoms with E-state index < -0.39 is 5.82 Å². The van der Waals surface area contributed by atoms with Gasteiger partial charge in [0.15, 0.2) is 0 Å². The number of benzene rings is 1. The summed E-state index contributed by atoms with van der Waals surface area (Å²) in [5, 5.41) is 5.62. The van der Waals surface area contributed by atoms with Gasteiger partial charge in [0.25, 0.3) is 0 Å². The maximum absolute atomic E-state index is 13.4. The van der Waals surface area contributed by atoms with Crippen LogP contribution >= 0.6 is 0 Å². The molecule has 1 aromatic carbocycles. The van der Waals surface area contributed by atoms with Gasteiger partial charge >= 0.3 is 6.03 Å². The van der Waals surface area contributed by atoms with E-state index in [1.807, 2.05) is 12.1 Å². The largest absolute Gasteiger partial charge is 0.474 e. The first-order valence-corrected chi connectivity index (χ1v) is 10.7. The molecule has 0 atom stereocenters. The van der Waals surface area contributed by atoms with Gasteiger partial charge < -0.3 is 20.1 Å². The molecule has 2 amide bonds. The first kappa shape index (κ1) is 21.5. The van der Waals surface area contributed by atoms with Gasteiger partial charge in [-0.3, -0.25) is 0 Å². The van der Waals surface area contributed by atoms with Gasteiger partial charge in [-0.2, -0.15) is 0 Å². The van der Waals surface area contributed by atoms with Crippen LogP contribution in [0.5, 0.6) is 17.5 Å². The van der Waals surface area contributed by atoms with Gasteiger partial charge in [0, 0.05) is 42.7 Å². The minimum atomic E-state index is -0.399. The molecule has 1 saturated carbocycles. The number of urea groups is 1. The van der Waals surface area contributed by atoms with E-state index in [0.29, 0.717) is 29.6 Å². The summed E-state index contributed by atoms with van der Waals surface area (Å²) in [7, 11) is 0. The Morgan fingerprint density at radius 2 is 1.59 bits per heavy atom. The highest BCUT2D eigenvalue weighted by Gasteiger charge is 2.18. The number of carbonyl (C=O) groups is 1. The van der Waals surface area contributed by atoms with E-state index in [9.17, 15) is 9.18 Å². The van der Waals surface area contributed by atoms with Gasteiger partial charge in [-0.1, -0.05) is 18.2 Å². The molecule has 2 heterocycles. The number of amides is 2. The van der Waals surface area contributed by atoms with E-state index in [2.05, 4.69) is 20.6 Å². The van der Waals surface area contributed by atoms with Crippen molar-refractivity contribution in [2.75, 3.05) is 0 Å². The summed E-state index contributed by atoms with van der Waals surface area (Å²) in [6.07, 6.45) is 7.88. The molecule has 32 heavy (non-hydrogen) atoms. The number of hydrogen-bond acceptors (Lipinski definition) is 5. The highest BCUT2D eigenvalue weighted by atomic mass is 19.1. The molecule has 0 saturated heterocycles. The third kappa shape index (κ3) is 5.94. The maximum atomic E-state index is 13.4. The Kier molecular flexibility index (Phi) is 7.12. The van der Waals surface area contributed by atoms with Crippen LogP contribution in [0.25, 0.3) is 0 Å². The molecule has 1 aliphatic carbocycles. The van der Waals surface area contributed by atoms with Gasteiger partial charge in [0.2, 0.25) is 11.8 Å². The molecule has 2 N–H and O–H groups in total. The number of hydrogen-bond donors (Lipinski definition) is 2. The average Bonchev–Trinajstić information content (AvgIpc) is 3.31. The van der Waals surface area contributed by atoms with Crippen molar-refractivity contribution in [3.05, 3.63) is 77.9 Å². The van der Waals surface area contributed by atoms with Gasteiger partial charge in [-0.25, -0.2) is 19.2 Å². The lowest BCUT2D eigenvalue weighted by atomic mass is 10.2. The Labute approximate surface area is 186 Å². The van der Waals surface area contributed by atoms with E-state index in [1.165, 1.54) is 25.0 Å². The molecular weight excluding hydrogens is 411 g/mol. The van der Waals surface area contributed by atoms with Crippen molar-refractivity contribution in [2.45, 2.75) is 44.9 Å². The van der Waals surface area contributed by atoms with Crippen LogP contribution in [0.4, 0.5) is 9.18 Å². The molecule has 3 aromatic rings. The summed E-state index contributed by atoms with van der Waals surface area (Å²) in [5.74, 6) is 0.806. The zero-order valence-corrected chi connectivity index (χ0v) is 17.6. The Hall–Kier alpha value is -3.68. The third-order valence-electron chi connectivity index (χ3n) is 5.17. The second kappa shape index (κ2) is 10.6. The first-order chi connectivity index (χ1) is 15.7. The smallest absolute Gasteiger partial charge is 0.315 e. The van der Waals surface area contributed by atoms with E-state index in [0.717, 1.165) is 18.4 Å². The van der Waals surface area contributed by atoms with E-state index in [4.69, 9.17) is 9.47 Å². The van der Waals surface area contributed by atoms with Crippen molar-refractivity contribution >= 4 is 6.03 Å². The summed E-state index contributed by atoms with van der Waals surface area (Å²) >= 11 is 0. The Balaban J connectivity index is 1.31. The van der Waals surface area contributed by atoms with Crippen molar-refractivity contribution in [1.29, 1.82) is 0 Å². The molecule has 0 radical (unpaired) electrons. The lowest BCUT2D eigenvalue weighted by Crippen LogP contribution is -2.34. The van der Waals surface area contributed by atoms with E-state index in [-0.39, 0.29) is 18.7 Å². The Morgan fingerprint density at radius 1 is 0.938 bits per heavy atom. The molecular formula is C24H25FN4O3. The van der Waals surface area contributed by atoms with E-state index in [1.54, 1.807) is 36.7 Å². The predicted molar refractivity (Wildman–Crippen MR) is 117 cm³/mol. The molecule has 0 aliphatic heterocycles. The summed E-state index contributed by atoms with van der Waals surface area (Å²) < 4.78 is 25.1. The molecule has 4 rings (SSSR count). The number of rotatable bonds is 8. The van der Waals surface area contributed by atoms with E-state index >= 15 is 0 Å². The topological polar surface area (TPSA) is 85.4 Å². The molecule has 7 nitrogen and oxygen atoms in total. The fourth-order valence-corrected chi connectivity index (χ4v) is 3.54. The molecule has 0 bridgehead atoms. The highest BCUT2D eigenvalue weighted by molar-refractivity contribution is 5.74. The van der Waals surface area contributed by atoms with Crippen molar-refractivity contribution in [3.63, 3.8) is 0 Å². The summed E-state index contributed by atoms with van der Waals surface area (Å²) in [6, 6.07) is 12.7. The number of nitrogens with one attached hydrogen (secondary N) is 2. The lowest BCUT2D eigenvalue weighted by Gasteiger charge is -2.16. The van der Waals surface area contributed by atoms with Crippen LogP contribution < -0.4 is 20.1 Å². The number of pyridine rings is 2. The number of carbonyl (C=O) groups excluding carboxylic acids is 1. The molecule has 1 aliphatic rings. The van der Waals surface area contributed by atoms with Crippen LogP contribution in [0.2, 0.25) is 0 Å². The fraction of sp³-hybridized carbons (Fsp3) is 0.292. The van der Waals surface area contributed by atoms with Crippen LogP contribution in [0.15, 0.2) is 60.9 Å². The lowest BCUT2D eigenvalue weighted by molar-refractivity contribution is 0.198. The van der Waals surface area contributed by atoms with Crippen LogP contribution in [0, 0.1) is 5.82 Å². The molecule has 0 spiro atoms. The van der Waals surface area contributed by atoms with Crippen LogP contribution in [-0.4, -0.2) is 22.1 Å². The maximum Gasteiger partial charge on any atom is 0.315 e. The second-order valence-electron chi connectivity index (χ2n) is 7.56. The normalized spacial score (nSPS) is 13.5. The quantitative estimate of drug-likeness (QED) is 0.533. The summed E-state index contributed by atoms with van der Waals surface area (Å²) in [6.45, 7) is 0.490. The Bertz CT molecular complexity index is 1060. The van der Waals surface area contributed by atoms with Gasteiger partial charge in [0.05, 0.1) is 0 Å². The van der Waals surface area contributed by atoms with Crippen LogP contribution in [-0.2, 0) is 13.1 Å². The summed E-state index contributed by atoms with van der Waals surface area (Å²) in [5.41, 5.74) is 1.49. The number of halogens is 1. The second-order valence-corrected chi connectivity index (χ2v) is 7.56. The molecule has 8 heteroatoms. The van der Waals surface area contributed by atoms with Gasteiger partial charge in [-0.05, 0) is 49.9 Å². The van der Waals surface area contributed by atoms with Crippen molar-refractivity contribution in [1.82, 2.24) is 20.6 Å². The zero-order chi connectivity index (χ0) is 22.2. The molecule has 166 valence electrons. The average molecular weight is 436 g/mol. The standard InChI is InChI=1S/C24H25FN4O3/c25-19-8-3-11-21(14-19)32-23-18(7-5-13-27-23)16-29-24(30)28-15-17-6-4-12-26-22(17)31-20-9-1-2-10-20/h3-8,11-14,20H,1-2,9-10,15-16H2,(H2,28,29,30). The zero-order valence-electron chi connectivity index (χ0n) is 17.6. The van der Waals surface area contributed by atoms with Crippen molar-refractivity contribution < 1.29 is 18.7 Å². The number of ether oxygens (including phenoxy) is 2. The SMILES string of the molecule is O=C(NCc1cccnc1Oc1cccc(F)c1)NCc1cccnc1OC1CCCC1. The minimum Gasteiger partial charge on any atom is -0.474 e. The van der Waals surface area contributed by atoms with Crippen molar-refractivity contribution in [3.8, 4) is 17.5 Å². The number of aromatic nitrogens is 2. The number of nitrogens with zero attached hydrogens (tertiary/aromatic N) is 2. The highest BCUT2D eigenvalue weighted by Crippen LogP contribution is 2.25.